The SMILES string of the molecule is CCOc1ccc(NC(=O)CSc2nnc([C@@H]3C[C@@H]3c3ccc(Cl)cc3)n2CC)cc1. The second kappa shape index (κ2) is 9.75. The predicted molar refractivity (Wildman–Crippen MR) is 124 cm³/mol. The summed E-state index contributed by atoms with van der Waals surface area (Å²) in [4.78, 5) is 12.4. The zero-order chi connectivity index (χ0) is 21.8. The molecule has 0 unspecified atom stereocenters. The van der Waals surface area contributed by atoms with Gasteiger partial charge in [-0.05, 0) is 68.1 Å². The average molecular weight is 457 g/mol. The zero-order valence-corrected chi connectivity index (χ0v) is 19.1. The Hall–Kier alpha value is -2.51. The summed E-state index contributed by atoms with van der Waals surface area (Å²) in [5, 5.41) is 13.3. The Morgan fingerprint density at radius 1 is 1.13 bits per heavy atom. The highest BCUT2D eigenvalue weighted by molar-refractivity contribution is 7.99. The molecule has 8 heteroatoms. The summed E-state index contributed by atoms with van der Waals surface area (Å²) in [5.41, 5.74) is 2.03. The minimum Gasteiger partial charge on any atom is -0.494 e. The van der Waals surface area contributed by atoms with Crippen LogP contribution in [0.15, 0.2) is 53.7 Å². The maximum atomic E-state index is 12.4. The zero-order valence-electron chi connectivity index (χ0n) is 17.5. The van der Waals surface area contributed by atoms with Crippen molar-refractivity contribution in [3.63, 3.8) is 0 Å². The number of carbonyl (C=O) groups is 1. The van der Waals surface area contributed by atoms with Gasteiger partial charge in [-0.25, -0.2) is 0 Å². The van der Waals surface area contributed by atoms with E-state index in [1.54, 1.807) is 0 Å². The van der Waals surface area contributed by atoms with Crippen LogP contribution in [0.25, 0.3) is 0 Å². The molecular weight excluding hydrogens is 432 g/mol. The minimum atomic E-state index is -0.0770. The van der Waals surface area contributed by atoms with Gasteiger partial charge in [0.25, 0.3) is 0 Å². The Kier molecular flexibility index (Phi) is 6.83. The molecule has 0 spiro atoms. The molecule has 0 saturated heterocycles. The fourth-order valence-corrected chi connectivity index (χ4v) is 4.60. The van der Waals surface area contributed by atoms with E-state index in [4.69, 9.17) is 16.3 Å². The monoisotopic (exact) mass is 456 g/mol. The summed E-state index contributed by atoms with van der Waals surface area (Å²) in [6, 6.07) is 15.4. The second-order valence-electron chi connectivity index (χ2n) is 7.38. The number of benzene rings is 2. The summed E-state index contributed by atoms with van der Waals surface area (Å²) < 4.78 is 7.54. The van der Waals surface area contributed by atoms with Gasteiger partial charge in [-0.2, -0.15) is 0 Å². The van der Waals surface area contributed by atoms with Gasteiger partial charge in [-0.1, -0.05) is 35.5 Å². The van der Waals surface area contributed by atoms with Gasteiger partial charge in [-0.15, -0.1) is 10.2 Å². The number of hydrogen-bond acceptors (Lipinski definition) is 5. The molecule has 4 rings (SSSR count). The van der Waals surface area contributed by atoms with Crippen molar-refractivity contribution in [2.24, 2.45) is 0 Å². The second-order valence-corrected chi connectivity index (χ2v) is 8.76. The third kappa shape index (κ3) is 5.22. The number of carbonyl (C=O) groups excluding carboxylic acids is 1. The fourth-order valence-electron chi connectivity index (χ4n) is 3.67. The van der Waals surface area contributed by atoms with E-state index in [1.807, 2.05) is 43.3 Å². The van der Waals surface area contributed by atoms with Crippen LogP contribution in [0.1, 0.15) is 43.5 Å². The van der Waals surface area contributed by atoms with Gasteiger partial charge in [0.1, 0.15) is 11.6 Å². The first-order valence-electron chi connectivity index (χ1n) is 10.4. The highest BCUT2D eigenvalue weighted by Gasteiger charge is 2.43. The number of hydrogen-bond donors (Lipinski definition) is 1. The quantitative estimate of drug-likeness (QED) is 0.439. The summed E-state index contributed by atoms with van der Waals surface area (Å²) in [7, 11) is 0. The number of amides is 1. The molecule has 0 bridgehead atoms. The van der Waals surface area contributed by atoms with Gasteiger partial charge >= 0.3 is 0 Å². The lowest BCUT2D eigenvalue weighted by Gasteiger charge is -2.08. The van der Waals surface area contributed by atoms with E-state index in [0.717, 1.165) is 40.4 Å². The number of aromatic nitrogens is 3. The number of nitrogens with zero attached hydrogens (tertiary/aromatic N) is 3. The molecule has 1 aromatic heterocycles. The molecule has 1 aliphatic carbocycles. The van der Waals surface area contributed by atoms with E-state index in [1.165, 1.54) is 17.3 Å². The molecule has 31 heavy (non-hydrogen) atoms. The van der Waals surface area contributed by atoms with Gasteiger partial charge < -0.3 is 14.6 Å². The van der Waals surface area contributed by atoms with Crippen LogP contribution in [-0.2, 0) is 11.3 Å². The lowest BCUT2D eigenvalue weighted by atomic mass is 10.1. The van der Waals surface area contributed by atoms with E-state index >= 15 is 0 Å². The number of rotatable bonds is 9. The summed E-state index contributed by atoms with van der Waals surface area (Å²) >= 11 is 7.42. The van der Waals surface area contributed by atoms with Crippen LogP contribution in [-0.4, -0.2) is 33.0 Å². The van der Waals surface area contributed by atoms with Gasteiger partial charge in [0, 0.05) is 23.2 Å². The molecule has 162 valence electrons. The fraction of sp³-hybridized carbons (Fsp3) is 0.348. The predicted octanol–water partition coefficient (Wildman–Crippen LogP) is 5.35. The van der Waals surface area contributed by atoms with E-state index in [9.17, 15) is 4.79 Å². The number of ether oxygens (including phenoxy) is 1. The first kappa shape index (κ1) is 21.7. The average Bonchev–Trinajstić information content (AvgIpc) is 3.46. The van der Waals surface area contributed by atoms with Crippen molar-refractivity contribution in [1.29, 1.82) is 0 Å². The Morgan fingerprint density at radius 3 is 2.55 bits per heavy atom. The van der Waals surface area contributed by atoms with Crippen molar-refractivity contribution in [3.8, 4) is 5.75 Å². The topological polar surface area (TPSA) is 69.0 Å². The number of nitrogens with one attached hydrogen (secondary N) is 1. The summed E-state index contributed by atoms with van der Waals surface area (Å²) in [5.74, 6) is 2.80. The van der Waals surface area contributed by atoms with Crippen molar-refractivity contribution >= 4 is 35.0 Å². The van der Waals surface area contributed by atoms with Crippen molar-refractivity contribution in [2.45, 2.75) is 43.8 Å². The van der Waals surface area contributed by atoms with Gasteiger partial charge in [-0.3, -0.25) is 4.79 Å². The maximum absolute atomic E-state index is 12.4. The van der Waals surface area contributed by atoms with Crippen LogP contribution < -0.4 is 10.1 Å². The van der Waals surface area contributed by atoms with Crippen LogP contribution in [0.2, 0.25) is 5.02 Å². The molecular formula is C23H25ClN4O2S. The Labute approximate surface area is 191 Å². The van der Waals surface area contributed by atoms with Crippen LogP contribution in [0.5, 0.6) is 5.75 Å². The number of anilines is 1. The molecule has 3 aromatic rings. The molecule has 0 radical (unpaired) electrons. The molecule has 1 aliphatic rings. The summed E-state index contributed by atoms with van der Waals surface area (Å²) in [6.07, 6.45) is 1.06. The molecule has 1 amide bonds. The molecule has 2 atom stereocenters. The van der Waals surface area contributed by atoms with Crippen LogP contribution in [0, 0.1) is 0 Å². The maximum Gasteiger partial charge on any atom is 0.234 e. The van der Waals surface area contributed by atoms with Crippen LogP contribution in [0.3, 0.4) is 0 Å². The van der Waals surface area contributed by atoms with E-state index < -0.39 is 0 Å². The number of halogens is 1. The standard InChI is InChI=1S/C23H25ClN4O2S/c1-3-28-22(20-13-19(20)15-5-7-16(24)8-6-15)26-27-23(28)31-14-21(29)25-17-9-11-18(12-10-17)30-4-2/h5-12,19-20H,3-4,13-14H2,1-2H3,(H,25,29)/t19-,20-/m1/s1. The van der Waals surface area contributed by atoms with Crippen molar-refractivity contribution in [3.05, 3.63) is 64.9 Å². The van der Waals surface area contributed by atoms with Crippen LogP contribution >= 0.6 is 23.4 Å². The molecule has 0 aliphatic heterocycles. The van der Waals surface area contributed by atoms with Gasteiger partial charge in [0.2, 0.25) is 5.91 Å². The van der Waals surface area contributed by atoms with E-state index in [-0.39, 0.29) is 11.7 Å². The molecule has 1 fully saturated rings. The first-order valence-corrected chi connectivity index (χ1v) is 11.8. The molecule has 6 nitrogen and oxygen atoms in total. The first-order chi connectivity index (χ1) is 15.1. The van der Waals surface area contributed by atoms with Crippen LogP contribution in [0.4, 0.5) is 5.69 Å². The highest BCUT2D eigenvalue weighted by atomic mass is 35.5. The molecule has 1 heterocycles. The summed E-state index contributed by atoms with van der Waals surface area (Å²) in [6.45, 7) is 5.41. The Morgan fingerprint density at radius 2 is 1.87 bits per heavy atom. The largest absolute Gasteiger partial charge is 0.494 e. The molecule has 1 saturated carbocycles. The lowest BCUT2D eigenvalue weighted by molar-refractivity contribution is -0.113. The molecule has 1 N–H and O–H groups in total. The van der Waals surface area contributed by atoms with Crippen molar-refractivity contribution in [1.82, 2.24) is 14.8 Å². The Balaban J connectivity index is 1.35. The van der Waals surface area contributed by atoms with Gasteiger partial charge in [0.15, 0.2) is 5.16 Å². The number of thioether (sulfide) groups is 1. The third-order valence-corrected chi connectivity index (χ3v) is 6.48. The van der Waals surface area contributed by atoms with Crippen molar-refractivity contribution < 1.29 is 9.53 Å². The van der Waals surface area contributed by atoms with E-state index in [0.29, 0.717) is 18.4 Å². The lowest BCUT2D eigenvalue weighted by Crippen LogP contribution is -2.14. The highest BCUT2D eigenvalue weighted by Crippen LogP contribution is 2.54. The molecule has 2 aromatic carbocycles. The van der Waals surface area contributed by atoms with Crippen molar-refractivity contribution in [2.75, 3.05) is 17.7 Å². The Bertz CT molecular complexity index is 1040. The van der Waals surface area contributed by atoms with Gasteiger partial charge in [0.05, 0.1) is 12.4 Å². The van der Waals surface area contributed by atoms with E-state index in [2.05, 4.69) is 39.1 Å². The normalized spacial score (nSPS) is 17.4. The smallest absolute Gasteiger partial charge is 0.234 e. The minimum absolute atomic E-state index is 0.0770. The third-order valence-electron chi connectivity index (χ3n) is 5.26.